The maximum absolute atomic E-state index is 13.7. The van der Waals surface area contributed by atoms with E-state index in [4.69, 9.17) is 5.73 Å². The molecule has 1 aliphatic heterocycles. The van der Waals surface area contributed by atoms with Gasteiger partial charge in [0, 0.05) is 19.6 Å². The van der Waals surface area contributed by atoms with Crippen molar-refractivity contribution in [2.75, 3.05) is 24.5 Å². The Bertz CT molecular complexity index is 408. The van der Waals surface area contributed by atoms with Gasteiger partial charge >= 0.3 is 0 Å². The standard InChI is InChI=1S/C11H14FN3O/c12-9-5-8(6-13)1-2-10(9)15-4-3-14-11(16)7-15/h1-2,5H,3-4,6-7,13H2,(H,14,16). The zero-order valence-corrected chi connectivity index (χ0v) is 8.87. The number of piperazine rings is 1. The third kappa shape index (κ3) is 2.14. The number of nitrogens with two attached hydrogens (primary N) is 1. The summed E-state index contributed by atoms with van der Waals surface area (Å²) in [4.78, 5) is 12.9. The van der Waals surface area contributed by atoms with E-state index in [1.54, 1.807) is 17.0 Å². The number of benzene rings is 1. The van der Waals surface area contributed by atoms with Crippen LogP contribution >= 0.6 is 0 Å². The fourth-order valence-electron chi connectivity index (χ4n) is 1.78. The van der Waals surface area contributed by atoms with E-state index in [1.807, 2.05) is 0 Å². The van der Waals surface area contributed by atoms with Gasteiger partial charge in [-0.2, -0.15) is 0 Å². The number of carbonyl (C=O) groups is 1. The molecule has 86 valence electrons. The molecule has 0 saturated carbocycles. The fraction of sp³-hybridized carbons (Fsp3) is 0.364. The van der Waals surface area contributed by atoms with Gasteiger partial charge in [0.1, 0.15) is 5.82 Å². The molecule has 0 unspecified atom stereocenters. The van der Waals surface area contributed by atoms with Crippen LogP contribution < -0.4 is 16.0 Å². The van der Waals surface area contributed by atoms with Crippen molar-refractivity contribution in [2.24, 2.45) is 5.73 Å². The minimum Gasteiger partial charge on any atom is -0.358 e. The van der Waals surface area contributed by atoms with Gasteiger partial charge in [0.05, 0.1) is 12.2 Å². The Labute approximate surface area is 93.2 Å². The lowest BCUT2D eigenvalue weighted by Gasteiger charge is -2.29. The molecule has 1 aromatic rings. The molecule has 1 heterocycles. The molecule has 2 rings (SSSR count). The quantitative estimate of drug-likeness (QED) is 0.754. The summed E-state index contributed by atoms with van der Waals surface area (Å²) in [6.07, 6.45) is 0. The summed E-state index contributed by atoms with van der Waals surface area (Å²) in [6.45, 7) is 1.71. The summed E-state index contributed by atoms with van der Waals surface area (Å²) in [5.41, 5.74) is 6.64. The first kappa shape index (κ1) is 10.9. The Morgan fingerprint density at radius 1 is 1.50 bits per heavy atom. The molecule has 0 spiro atoms. The molecule has 1 aliphatic rings. The van der Waals surface area contributed by atoms with Crippen molar-refractivity contribution in [1.82, 2.24) is 5.32 Å². The number of rotatable bonds is 2. The summed E-state index contributed by atoms with van der Waals surface area (Å²) in [5.74, 6) is -0.397. The molecule has 0 bridgehead atoms. The zero-order chi connectivity index (χ0) is 11.5. The van der Waals surface area contributed by atoms with Crippen molar-refractivity contribution < 1.29 is 9.18 Å². The summed E-state index contributed by atoms with van der Waals surface area (Å²) in [5, 5.41) is 2.70. The van der Waals surface area contributed by atoms with E-state index >= 15 is 0 Å². The highest BCUT2D eigenvalue weighted by Gasteiger charge is 2.19. The third-order valence-electron chi connectivity index (χ3n) is 2.63. The Kier molecular flexibility index (Phi) is 3.05. The molecule has 1 amide bonds. The molecule has 0 aliphatic carbocycles. The molecule has 5 heteroatoms. The average Bonchev–Trinajstić information content (AvgIpc) is 2.28. The topological polar surface area (TPSA) is 58.4 Å². The summed E-state index contributed by atoms with van der Waals surface area (Å²) < 4.78 is 13.7. The predicted octanol–water partition coefficient (Wildman–Crippen LogP) is 0.221. The van der Waals surface area contributed by atoms with E-state index in [9.17, 15) is 9.18 Å². The Hall–Kier alpha value is -1.62. The Morgan fingerprint density at radius 2 is 2.31 bits per heavy atom. The first-order valence-corrected chi connectivity index (χ1v) is 5.21. The van der Waals surface area contributed by atoms with Crippen LogP contribution in [0.1, 0.15) is 5.56 Å². The minimum absolute atomic E-state index is 0.0754. The monoisotopic (exact) mass is 223 g/mol. The van der Waals surface area contributed by atoms with Crippen molar-refractivity contribution in [3.8, 4) is 0 Å². The van der Waals surface area contributed by atoms with Gasteiger partial charge < -0.3 is 16.0 Å². The number of amides is 1. The molecule has 1 saturated heterocycles. The first-order chi connectivity index (χ1) is 7.70. The molecular formula is C11H14FN3O. The largest absolute Gasteiger partial charge is 0.358 e. The van der Waals surface area contributed by atoms with Crippen LogP contribution in [-0.4, -0.2) is 25.5 Å². The number of halogens is 1. The van der Waals surface area contributed by atoms with E-state index in [1.165, 1.54) is 6.07 Å². The SMILES string of the molecule is NCc1ccc(N2CCNC(=O)C2)c(F)c1. The second-order valence-corrected chi connectivity index (χ2v) is 3.76. The van der Waals surface area contributed by atoms with Crippen LogP contribution in [0, 0.1) is 5.82 Å². The Morgan fingerprint density at radius 3 is 2.94 bits per heavy atom. The molecule has 16 heavy (non-hydrogen) atoms. The van der Waals surface area contributed by atoms with Gasteiger partial charge in [0.25, 0.3) is 0 Å². The van der Waals surface area contributed by atoms with Crippen LogP contribution in [0.15, 0.2) is 18.2 Å². The van der Waals surface area contributed by atoms with E-state index in [2.05, 4.69) is 5.32 Å². The minimum atomic E-state index is -0.322. The summed E-state index contributed by atoms with van der Waals surface area (Å²) in [7, 11) is 0. The van der Waals surface area contributed by atoms with Crippen molar-refractivity contribution >= 4 is 11.6 Å². The molecule has 1 fully saturated rings. The van der Waals surface area contributed by atoms with Gasteiger partial charge in [-0.05, 0) is 17.7 Å². The highest BCUT2D eigenvalue weighted by molar-refractivity contribution is 5.82. The fourth-order valence-corrected chi connectivity index (χ4v) is 1.78. The van der Waals surface area contributed by atoms with Gasteiger partial charge in [-0.1, -0.05) is 6.07 Å². The van der Waals surface area contributed by atoms with Gasteiger partial charge in [-0.15, -0.1) is 0 Å². The van der Waals surface area contributed by atoms with E-state index in [0.717, 1.165) is 5.56 Å². The maximum atomic E-state index is 13.7. The molecule has 1 aromatic carbocycles. The van der Waals surface area contributed by atoms with Gasteiger partial charge in [-0.25, -0.2) is 4.39 Å². The molecule has 0 atom stereocenters. The van der Waals surface area contributed by atoms with Crippen LogP contribution in [0.4, 0.5) is 10.1 Å². The Balaban J connectivity index is 2.22. The normalized spacial score (nSPS) is 16.1. The number of nitrogens with one attached hydrogen (secondary N) is 1. The molecule has 0 radical (unpaired) electrons. The number of carbonyl (C=O) groups excluding carboxylic acids is 1. The van der Waals surface area contributed by atoms with Crippen LogP contribution in [0.5, 0.6) is 0 Å². The van der Waals surface area contributed by atoms with Crippen LogP contribution in [-0.2, 0) is 11.3 Å². The second-order valence-electron chi connectivity index (χ2n) is 3.76. The van der Waals surface area contributed by atoms with E-state index in [0.29, 0.717) is 25.3 Å². The number of nitrogens with zero attached hydrogens (tertiary/aromatic N) is 1. The zero-order valence-electron chi connectivity index (χ0n) is 8.87. The van der Waals surface area contributed by atoms with Crippen LogP contribution in [0.25, 0.3) is 0 Å². The number of anilines is 1. The predicted molar refractivity (Wildman–Crippen MR) is 59.5 cm³/mol. The lowest BCUT2D eigenvalue weighted by atomic mass is 10.1. The second kappa shape index (κ2) is 4.49. The van der Waals surface area contributed by atoms with Gasteiger partial charge in [-0.3, -0.25) is 4.79 Å². The highest BCUT2D eigenvalue weighted by Crippen LogP contribution is 2.20. The van der Waals surface area contributed by atoms with E-state index < -0.39 is 0 Å². The maximum Gasteiger partial charge on any atom is 0.239 e. The van der Waals surface area contributed by atoms with Gasteiger partial charge in [0.2, 0.25) is 5.91 Å². The van der Waals surface area contributed by atoms with E-state index in [-0.39, 0.29) is 18.3 Å². The van der Waals surface area contributed by atoms with Gasteiger partial charge in [0.15, 0.2) is 0 Å². The summed E-state index contributed by atoms with van der Waals surface area (Å²) in [6, 6.07) is 4.88. The smallest absolute Gasteiger partial charge is 0.239 e. The van der Waals surface area contributed by atoms with Crippen molar-refractivity contribution in [3.05, 3.63) is 29.6 Å². The lowest BCUT2D eigenvalue weighted by Crippen LogP contribution is -2.48. The first-order valence-electron chi connectivity index (χ1n) is 5.21. The average molecular weight is 223 g/mol. The lowest BCUT2D eigenvalue weighted by molar-refractivity contribution is -0.120. The molecule has 3 N–H and O–H groups in total. The molecule has 0 aromatic heterocycles. The highest BCUT2D eigenvalue weighted by atomic mass is 19.1. The summed E-state index contributed by atoms with van der Waals surface area (Å²) >= 11 is 0. The number of hydrogen-bond acceptors (Lipinski definition) is 3. The van der Waals surface area contributed by atoms with Crippen molar-refractivity contribution in [1.29, 1.82) is 0 Å². The molecular weight excluding hydrogens is 209 g/mol. The molecule has 4 nitrogen and oxygen atoms in total. The van der Waals surface area contributed by atoms with Crippen molar-refractivity contribution in [2.45, 2.75) is 6.54 Å². The van der Waals surface area contributed by atoms with Crippen LogP contribution in [0.3, 0.4) is 0 Å². The number of hydrogen-bond donors (Lipinski definition) is 2. The van der Waals surface area contributed by atoms with Crippen molar-refractivity contribution in [3.63, 3.8) is 0 Å². The van der Waals surface area contributed by atoms with Crippen LogP contribution in [0.2, 0.25) is 0 Å². The third-order valence-corrected chi connectivity index (χ3v) is 2.63.